The summed E-state index contributed by atoms with van der Waals surface area (Å²) >= 11 is 3.33. The lowest BCUT2D eigenvalue weighted by molar-refractivity contribution is 0.513. The van der Waals surface area contributed by atoms with Gasteiger partial charge in [0.2, 0.25) is 0 Å². The standard InChI is InChI=1S/C8H11NOS2/c1-11-8(12-2)9-6-7-4-3-5-10-7/h3-5H,6H2,1-2H3. The van der Waals surface area contributed by atoms with E-state index in [1.807, 2.05) is 24.6 Å². The van der Waals surface area contributed by atoms with Crippen LogP contribution < -0.4 is 0 Å². The average Bonchev–Trinajstić information content (AvgIpc) is 2.59. The Balaban J connectivity index is 2.47. The third-order valence-electron chi connectivity index (χ3n) is 1.29. The van der Waals surface area contributed by atoms with Crippen molar-refractivity contribution in [3.05, 3.63) is 24.2 Å². The van der Waals surface area contributed by atoms with Gasteiger partial charge in [-0.15, -0.1) is 23.5 Å². The lowest BCUT2D eigenvalue weighted by Gasteiger charge is -1.96. The number of aliphatic imine (C=N–C) groups is 1. The number of thioether (sulfide) groups is 2. The van der Waals surface area contributed by atoms with E-state index in [1.165, 1.54) is 0 Å². The molecule has 2 nitrogen and oxygen atoms in total. The molecular weight excluding hydrogens is 190 g/mol. The van der Waals surface area contributed by atoms with Gasteiger partial charge in [-0.25, -0.2) is 0 Å². The van der Waals surface area contributed by atoms with Crippen LogP contribution in [0.2, 0.25) is 0 Å². The predicted octanol–water partition coefficient (Wildman–Crippen LogP) is 2.86. The summed E-state index contributed by atoms with van der Waals surface area (Å²) in [4.78, 5) is 4.35. The molecule has 12 heavy (non-hydrogen) atoms. The topological polar surface area (TPSA) is 25.5 Å². The fraction of sp³-hybridized carbons (Fsp3) is 0.375. The van der Waals surface area contributed by atoms with Crippen molar-refractivity contribution in [1.82, 2.24) is 0 Å². The normalized spacial score (nSPS) is 9.83. The fourth-order valence-electron chi connectivity index (χ4n) is 0.757. The monoisotopic (exact) mass is 201 g/mol. The molecule has 0 bridgehead atoms. The Kier molecular flexibility index (Phi) is 4.32. The van der Waals surface area contributed by atoms with Gasteiger partial charge in [0.15, 0.2) is 0 Å². The van der Waals surface area contributed by atoms with Crippen molar-refractivity contribution in [2.75, 3.05) is 12.5 Å². The van der Waals surface area contributed by atoms with Crippen LogP contribution in [-0.4, -0.2) is 16.9 Å². The van der Waals surface area contributed by atoms with Gasteiger partial charge < -0.3 is 4.42 Å². The molecule has 0 radical (unpaired) electrons. The molecule has 0 aliphatic heterocycles. The summed E-state index contributed by atoms with van der Waals surface area (Å²) in [6, 6.07) is 3.81. The summed E-state index contributed by atoms with van der Waals surface area (Å²) < 4.78 is 6.24. The first-order chi connectivity index (χ1) is 5.86. The fourth-order valence-corrected chi connectivity index (χ4v) is 1.81. The van der Waals surface area contributed by atoms with Crippen molar-refractivity contribution >= 4 is 27.9 Å². The summed E-state index contributed by atoms with van der Waals surface area (Å²) in [5.74, 6) is 0.913. The maximum Gasteiger partial charge on any atom is 0.125 e. The third-order valence-corrected chi connectivity index (χ3v) is 3.25. The van der Waals surface area contributed by atoms with Crippen LogP contribution in [0.25, 0.3) is 0 Å². The quantitative estimate of drug-likeness (QED) is 0.543. The molecular formula is C8H11NOS2. The molecule has 0 saturated carbocycles. The highest BCUT2D eigenvalue weighted by atomic mass is 32.2. The van der Waals surface area contributed by atoms with Crippen molar-refractivity contribution in [2.45, 2.75) is 6.54 Å². The number of rotatable bonds is 2. The number of furan rings is 1. The van der Waals surface area contributed by atoms with Crippen molar-refractivity contribution in [1.29, 1.82) is 0 Å². The Morgan fingerprint density at radius 3 is 2.75 bits per heavy atom. The zero-order valence-corrected chi connectivity index (χ0v) is 8.74. The molecule has 0 N–H and O–H groups in total. The Bertz CT molecular complexity index is 238. The van der Waals surface area contributed by atoms with E-state index in [0.29, 0.717) is 6.54 Å². The lowest BCUT2D eigenvalue weighted by atomic mass is 10.5. The van der Waals surface area contributed by atoms with Crippen LogP contribution in [0.3, 0.4) is 0 Å². The van der Waals surface area contributed by atoms with Gasteiger partial charge in [-0.05, 0) is 24.6 Å². The highest BCUT2D eigenvalue weighted by Gasteiger charge is 1.95. The molecule has 66 valence electrons. The van der Waals surface area contributed by atoms with E-state index in [9.17, 15) is 0 Å². The van der Waals surface area contributed by atoms with Gasteiger partial charge in [0, 0.05) is 0 Å². The molecule has 0 atom stereocenters. The van der Waals surface area contributed by atoms with Crippen LogP contribution in [0.5, 0.6) is 0 Å². The Morgan fingerprint density at radius 1 is 1.50 bits per heavy atom. The highest BCUT2D eigenvalue weighted by Crippen LogP contribution is 2.12. The lowest BCUT2D eigenvalue weighted by Crippen LogP contribution is -1.84. The molecule has 0 unspecified atom stereocenters. The molecule has 1 rings (SSSR count). The van der Waals surface area contributed by atoms with Gasteiger partial charge in [-0.1, -0.05) is 0 Å². The number of hydrogen-bond acceptors (Lipinski definition) is 4. The summed E-state index contributed by atoms with van der Waals surface area (Å²) in [6.07, 6.45) is 5.72. The minimum atomic E-state index is 0.643. The van der Waals surface area contributed by atoms with Crippen molar-refractivity contribution < 1.29 is 4.42 Å². The highest BCUT2D eigenvalue weighted by molar-refractivity contribution is 8.38. The molecule has 0 spiro atoms. The molecule has 0 aliphatic carbocycles. The van der Waals surface area contributed by atoms with Gasteiger partial charge in [-0.3, -0.25) is 4.99 Å². The first kappa shape index (κ1) is 9.74. The van der Waals surface area contributed by atoms with Crippen LogP contribution in [0.4, 0.5) is 0 Å². The molecule has 1 aromatic rings. The molecule has 4 heteroatoms. The smallest absolute Gasteiger partial charge is 0.125 e. The first-order valence-corrected chi connectivity index (χ1v) is 5.96. The summed E-state index contributed by atoms with van der Waals surface area (Å²) in [7, 11) is 0. The van der Waals surface area contributed by atoms with Crippen LogP contribution in [0.1, 0.15) is 5.76 Å². The van der Waals surface area contributed by atoms with Crippen molar-refractivity contribution in [2.24, 2.45) is 4.99 Å². The summed E-state index contributed by atoms with van der Waals surface area (Å²) in [5.41, 5.74) is 0. The molecule has 1 aromatic heterocycles. The Labute approximate surface area is 80.8 Å². The maximum absolute atomic E-state index is 5.15. The first-order valence-electron chi connectivity index (χ1n) is 3.51. The van der Waals surface area contributed by atoms with Crippen LogP contribution in [0, 0.1) is 0 Å². The second-order valence-corrected chi connectivity index (χ2v) is 3.92. The van der Waals surface area contributed by atoms with E-state index in [2.05, 4.69) is 4.99 Å². The number of hydrogen-bond donors (Lipinski definition) is 0. The molecule has 0 amide bonds. The average molecular weight is 201 g/mol. The van der Waals surface area contributed by atoms with Crippen LogP contribution in [-0.2, 0) is 6.54 Å². The maximum atomic E-state index is 5.15. The summed E-state index contributed by atoms with van der Waals surface area (Å²) in [5, 5.41) is 0. The van der Waals surface area contributed by atoms with Crippen molar-refractivity contribution in [3.8, 4) is 0 Å². The van der Waals surface area contributed by atoms with Crippen LogP contribution in [0.15, 0.2) is 27.8 Å². The second kappa shape index (κ2) is 5.32. The predicted molar refractivity (Wildman–Crippen MR) is 56.9 cm³/mol. The van der Waals surface area contributed by atoms with Crippen LogP contribution >= 0.6 is 23.5 Å². The van der Waals surface area contributed by atoms with Gasteiger partial charge in [-0.2, -0.15) is 0 Å². The molecule has 0 saturated heterocycles. The van der Waals surface area contributed by atoms with E-state index in [-0.39, 0.29) is 0 Å². The Morgan fingerprint density at radius 2 is 2.25 bits per heavy atom. The second-order valence-electron chi connectivity index (χ2n) is 2.07. The Hall–Kier alpha value is -0.350. The minimum Gasteiger partial charge on any atom is -0.467 e. The van der Waals surface area contributed by atoms with Gasteiger partial charge in [0.1, 0.15) is 10.1 Å². The molecule has 0 fully saturated rings. The SMILES string of the molecule is CSC(=NCc1ccco1)SC. The largest absolute Gasteiger partial charge is 0.467 e. The zero-order valence-electron chi connectivity index (χ0n) is 7.11. The van der Waals surface area contributed by atoms with Crippen molar-refractivity contribution in [3.63, 3.8) is 0 Å². The molecule has 0 aliphatic rings. The van der Waals surface area contributed by atoms with Gasteiger partial charge in [0.25, 0.3) is 0 Å². The molecule has 0 aromatic carbocycles. The minimum absolute atomic E-state index is 0.643. The zero-order chi connectivity index (χ0) is 8.81. The van der Waals surface area contributed by atoms with E-state index in [1.54, 1.807) is 29.8 Å². The van der Waals surface area contributed by atoms with Gasteiger partial charge >= 0.3 is 0 Å². The van der Waals surface area contributed by atoms with Gasteiger partial charge in [0.05, 0.1) is 12.8 Å². The van der Waals surface area contributed by atoms with E-state index in [4.69, 9.17) is 4.42 Å². The van der Waals surface area contributed by atoms with E-state index in [0.717, 1.165) is 10.1 Å². The van der Waals surface area contributed by atoms with E-state index < -0.39 is 0 Å². The molecule has 1 heterocycles. The third kappa shape index (κ3) is 2.95. The number of nitrogens with zero attached hydrogens (tertiary/aromatic N) is 1. The van der Waals surface area contributed by atoms with E-state index >= 15 is 0 Å². The summed E-state index contributed by atoms with van der Waals surface area (Å²) in [6.45, 7) is 0.643.